The smallest absolute Gasteiger partial charge is 0.169 e. The third-order valence-corrected chi connectivity index (χ3v) is 4.90. The van der Waals surface area contributed by atoms with Crippen molar-refractivity contribution in [2.75, 3.05) is 13.1 Å². The van der Waals surface area contributed by atoms with Gasteiger partial charge in [-0.3, -0.25) is 0 Å². The van der Waals surface area contributed by atoms with Crippen LogP contribution in [0.3, 0.4) is 0 Å². The molecular weight excluding hydrogens is 320 g/mol. The number of likely N-dealkylation sites (tertiary alicyclic amines) is 1. The highest BCUT2D eigenvalue weighted by Crippen LogP contribution is 2.26. The number of imidazole rings is 1. The number of aromatic amines is 1. The van der Waals surface area contributed by atoms with Crippen LogP contribution in [0.5, 0.6) is 0 Å². The highest BCUT2D eigenvalue weighted by atomic mass is 32.1. The highest BCUT2D eigenvalue weighted by molar-refractivity contribution is 7.80. The molecule has 1 aromatic carbocycles. The second-order valence-electron chi connectivity index (χ2n) is 6.16. The number of rotatable bonds is 3. The van der Waals surface area contributed by atoms with Gasteiger partial charge >= 0.3 is 0 Å². The van der Waals surface area contributed by atoms with Crippen LogP contribution in [0, 0.1) is 0 Å². The van der Waals surface area contributed by atoms with Gasteiger partial charge in [-0.2, -0.15) is 0 Å². The maximum Gasteiger partial charge on any atom is 0.169 e. The number of para-hydroxylation sites is 2. The Morgan fingerprint density at radius 1 is 1.33 bits per heavy atom. The summed E-state index contributed by atoms with van der Waals surface area (Å²) < 4.78 is 5.34. The molecule has 3 aromatic rings. The van der Waals surface area contributed by atoms with Crippen LogP contribution in [0.25, 0.3) is 11.0 Å². The van der Waals surface area contributed by atoms with Crippen LogP contribution in [0.1, 0.15) is 30.3 Å². The summed E-state index contributed by atoms with van der Waals surface area (Å²) in [4.78, 5) is 10.5. The van der Waals surface area contributed by atoms with Crippen LogP contribution in [0.2, 0.25) is 0 Å². The monoisotopic (exact) mass is 340 g/mol. The van der Waals surface area contributed by atoms with Gasteiger partial charge in [0.2, 0.25) is 0 Å². The van der Waals surface area contributed by atoms with E-state index in [1.165, 1.54) is 0 Å². The van der Waals surface area contributed by atoms with E-state index >= 15 is 0 Å². The molecule has 0 spiro atoms. The molecule has 0 saturated carbocycles. The molecule has 1 unspecified atom stereocenters. The van der Waals surface area contributed by atoms with Gasteiger partial charge in [0.15, 0.2) is 5.11 Å². The van der Waals surface area contributed by atoms with Crippen molar-refractivity contribution < 1.29 is 4.42 Å². The third-order valence-electron chi connectivity index (χ3n) is 4.50. The SMILES string of the molecule is S=C(NCc1ccco1)N1CCCC(c2nc3ccccc3[nH]2)C1. The van der Waals surface area contributed by atoms with E-state index in [1.807, 2.05) is 30.3 Å². The van der Waals surface area contributed by atoms with Crippen LogP contribution in [-0.2, 0) is 6.54 Å². The Balaban J connectivity index is 1.42. The average molecular weight is 340 g/mol. The summed E-state index contributed by atoms with van der Waals surface area (Å²) in [6, 6.07) is 12.0. The van der Waals surface area contributed by atoms with E-state index in [0.29, 0.717) is 12.5 Å². The molecular formula is C18H20N4OS. The zero-order valence-electron chi connectivity index (χ0n) is 13.4. The molecule has 2 aromatic heterocycles. The maximum absolute atomic E-state index is 5.56. The first-order valence-corrected chi connectivity index (χ1v) is 8.70. The van der Waals surface area contributed by atoms with Crippen molar-refractivity contribution in [2.24, 2.45) is 0 Å². The number of fused-ring (bicyclic) bond motifs is 1. The molecule has 3 heterocycles. The Kier molecular flexibility index (Phi) is 4.21. The van der Waals surface area contributed by atoms with E-state index in [1.54, 1.807) is 6.26 Å². The van der Waals surface area contributed by atoms with E-state index in [-0.39, 0.29) is 0 Å². The lowest BCUT2D eigenvalue weighted by Gasteiger charge is -2.33. The summed E-state index contributed by atoms with van der Waals surface area (Å²) >= 11 is 5.56. The first-order chi connectivity index (χ1) is 11.8. The minimum atomic E-state index is 0.384. The Morgan fingerprint density at radius 2 is 2.25 bits per heavy atom. The molecule has 1 aliphatic heterocycles. The molecule has 4 rings (SSSR count). The molecule has 1 aliphatic rings. The summed E-state index contributed by atoms with van der Waals surface area (Å²) in [5.41, 5.74) is 2.13. The maximum atomic E-state index is 5.56. The second kappa shape index (κ2) is 6.65. The van der Waals surface area contributed by atoms with Crippen LogP contribution in [0.15, 0.2) is 47.1 Å². The molecule has 0 aliphatic carbocycles. The fourth-order valence-electron chi connectivity index (χ4n) is 3.24. The number of aromatic nitrogens is 2. The summed E-state index contributed by atoms with van der Waals surface area (Å²) in [5.74, 6) is 2.34. The summed E-state index contributed by atoms with van der Waals surface area (Å²) in [5, 5.41) is 4.07. The van der Waals surface area contributed by atoms with Gasteiger partial charge in [-0.05, 0) is 49.3 Å². The lowest BCUT2D eigenvalue weighted by Crippen LogP contribution is -2.44. The standard InChI is InChI=1S/C18H20N4OS/c24-18(19-11-14-6-4-10-23-14)22-9-3-5-13(12-22)17-20-15-7-1-2-8-16(15)21-17/h1-2,4,6-8,10,13H,3,5,9,11-12H2,(H,19,24)(H,20,21). The van der Waals surface area contributed by atoms with Gasteiger partial charge in [-0.15, -0.1) is 0 Å². The number of hydrogen-bond acceptors (Lipinski definition) is 3. The Morgan fingerprint density at radius 3 is 3.08 bits per heavy atom. The third kappa shape index (κ3) is 3.14. The number of hydrogen-bond donors (Lipinski definition) is 2. The van der Waals surface area contributed by atoms with E-state index in [9.17, 15) is 0 Å². The molecule has 1 atom stereocenters. The average Bonchev–Trinajstić information content (AvgIpc) is 3.29. The molecule has 5 nitrogen and oxygen atoms in total. The van der Waals surface area contributed by atoms with Gasteiger partial charge < -0.3 is 19.6 Å². The van der Waals surface area contributed by atoms with Gasteiger partial charge in [0, 0.05) is 19.0 Å². The summed E-state index contributed by atoms with van der Waals surface area (Å²) in [6.45, 7) is 2.50. The summed E-state index contributed by atoms with van der Waals surface area (Å²) in [7, 11) is 0. The van der Waals surface area contributed by atoms with Crippen molar-refractivity contribution >= 4 is 28.4 Å². The first-order valence-electron chi connectivity index (χ1n) is 8.29. The van der Waals surface area contributed by atoms with Crippen LogP contribution < -0.4 is 5.32 Å². The van der Waals surface area contributed by atoms with Crippen molar-refractivity contribution in [1.82, 2.24) is 20.2 Å². The normalized spacial score (nSPS) is 18.0. The number of nitrogens with zero attached hydrogens (tertiary/aromatic N) is 2. The molecule has 24 heavy (non-hydrogen) atoms. The molecule has 0 radical (unpaired) electrons. The predicted molar refractivity (Wildman–Crippen MR) is 97.8 cm³/mol. The van der Waals surface area contributed by atoms with E-state index < -0.39 is 0 Å². The lowest BCUT2D eigenvalue weighted by atomic mass is 9.98. The number of piperidine rings is 1. The topological polar surface area (TPSA) is 57.1 Å². The Hall–Kier alpha value is -2.34. The van der Waals surface area contributed by atoms with Gasteiger partial charge in [0.1, 0.15) is 11.6 Å². The number of thiocarbonyl (C=S) groups is 1. The minimum absolute atomic E-state index is 0.384. The van der Waals surface area contributed by atoms with Gasteiger partial charge in [0.25, 0.3) is 0 Å². The van der Waals surface area contributed by atoms with Gasteiger partial charge in [-0.25, -0.2) is 4.98 Å². The number of nitrogens with one attached hydrogen (secondary N) is 2. The molecule has 0 bridgehead atoms. The predicted octanol–water partition coefficient (Wildman–Crippen LogP) is 3.41. The molecule has 1 saturated heterocycles. The summed E-state index contributed by atoms with van der Waals surface area (Å²) in [6.07, 6.45) is 3.93. The number of benzene rings is 1. The van der Waals surface area contributed by atoms with Crippen molar-refractivity contribution in [3.63, 3.8) is 0 Å². The number of furan rings is 1. The van der Waals surface area contributed by atoms with Gasteiger partial charge in [-0.1, -0.05) is 12.1 Å². The fraction of sp³-hybridized carbons (Fsp3) is 0.333. The zero-order valence-corrected chi connectivity index (χ0v) is 14.2. The largest absolute Gasteiger partial charge is 0.467 e. The van der Waals surface area contributed by atoms with Crippen LogP contribution in [0.4, 0.5) is 0 Å². The van der Waals surface area contributed by atoms with Crippen molar-refractivity contribution in [3.05, 3.63) is 54.2 Å². The zero-order chi connectivity index (χ0) is 16.4. The van der Waals surface area contributed by atoms with Gasteiger partial charge in [0.05, 0.1) is 23.8 Å². The minimum Gasteiger partial charge on any atom is -0.467 e. The molecule has 0 amide bonds. The molecule has 1 fully saturated rings. The lowest BCUT2D eigenvalue weighted by molar-refractivity contribution is 0.299. The highest BCUT2D eigenvalue weighted by Gasteiger charge is 2.25. The molecule has 6 heteroatoms. The van der Waals surface area contributed by atoms with Crippen molar-refractivity contribution in [3.8, 4) is 0 Å². The van der Waals surface area contributed by atoms with E-state index in [0.717, 1.165) is 53.7 Å². The molecule has 124 valence electrons. The van der Waals surface area contributed by atoms with E-state index in [4.69, 9.17) is 21.6 Å². The number of H-pyrrole nitrogens is 1. The molecule has 2 N–H and O–H groups in total. The first kappa shape index (κ1) is 15.2. The van der Waals surface area contributed by atoms with Crippen molar-refractivity contribution in [2.45, 2.75) is 25.3 Å². The Labute approximate surface area is 146 Å². The van der Waals surface area contributed by atoms with E-state index in [2.05, 4.69) is 21.3 Å². The second-order valence-corrected chi connectivity index (χ2v) is 6.55. The Bertz CT molecular complexity index is 794. The quantitative estimate of drug-likeness (QED) is 0.716. The van der Waals surface area contributed by atoms with Crippen molar-refractivity contribution in [1.29, 1.82) is 0 Å². The van der Waals surface area contributed by atoms with Crippen LogP contribution in [-0.4, -0.2) is 33.1 Å². The fourth-order valence-corrected chi connectivity index (χ4v) is 3.48. The van der Waals surface area contributed by atoms with Crippen LogP contribution >= 0.6 is 12.2 Å².